The van der Waals surface area contributed by atoms with E-state index in [1.54, 1.807) is 7.11 Å². The highest BCUT2D eigenvalue weighted by atomic mass is 16.5. The smallest absolute Gasteiger partial charge is 0.0655 e. The lowest BCUT2D eigenvalue weighted by Gasteiger charge is -2.11. The van der Waals surface area contributed by atoms with Crippen LogP contribution in [-0.4, -0.2) is 43.5 Å². The Morgan fingerprint density at radius 1 is 1.60 bits per heavy atom. The van der Waals surface area contributed by atoms with Crippen molar-refractivity contribution in [2.24, 2.45) is 5.29 Å². The Morgan fingerprint density at radius 2 is 2.30 bits per heavy atom. The molecule has 0 aromatic carbocycles. The quantitative estimate of drug-likeness (QED) is 0.411. The molecule has 0 aliphatic heterocycles. The lowest BCUT2D eigenvalue weighted by Crippen LogP contribution is -2.24. The van der Waals surface area contributed by atoms with Crippen LogP contribution in [0.2, 0.25) is 0 Å². The Bertz CT molecular complexity index is 89.0. The molecule has 0 bridgehead atoms. The highest BCUT2D eigenvalue weighted by molar-refractivity contribution is 4.47. The zero-order valence-corrected chi connectivity index (χ0v) is 5.99. The first kappa shape index (κ1) is 9.32. The maximum Gasteiger partial charge on any atom is 0.0655 e. The molecule has 60 valence electrons. The van der Waals surface area contributed by atoms with Crippen molar-refractivity contribution in [3.05, 3.63) is 4.91 Å². The van der Waals surface area contributed by atoms with Gasteiger partial charge in [-0.05, 0) is 0 Å². The monoisotopic (exact) mass is 148 g/mol. The summed E-state index contributed by atoms with van der Waals surface area (Å²) in [5, 5.41) is 12.3. The summed E-state index contributed by atoms with van der Waals surface area (Å²) in [6, 6.07) is 0. The molecule has 10 heavy (non-hydrogen) atoms. The standard InChI is InChI=1S/C5H12N2O3/c1-10-5-3-7(6-9)2-4-8/h8H,2-5H2,1H3. The Morgan fingerprint density at radius 3 is 2.70 bits per heavy atom. The molecule has 0 aliphatic carbocycles. The highest BCUT2D eigenvalue weighted by Crippen LogP contribution is 1.86. The molecule has 5 heteroatoms. The molecule has 5 nitrogen and oxygen atoms in total. The number of rotatable bonds is 6. The summed E-state index contributed by atoms with van der Waals surface area (Å²) in [4.78, 5) is 9.91. The van der Waals surface area contributed by atoms with Gasteiger partial charge in [-0.25, -0.2) is 0 Å². The van der Waals surface area contributed by atoms with Crippen LogP contribution >= 0.6 is 0 Å². The first-order valence-electron chi connectivity index (χ1n) is 3.03. The van der Waals surface area contributed by atoms with E-state index in [9.17, 15) is 4.91 Å². The van der Waals surface area contributed by atoms with Gasteiger partial charge in [0.2, 0.25) is 0 Å². The highest BCUT2D eigenvalue weighted by Gasteiger charge is 1.98. The second-order valence-corrected chi connectivity index (χ2v) is 1.75. The van der Waals surface area contributed by atoms with Crippen molar-refractivity contribution in [1.82, 2.24) is 5.01 Å². The fourth-order valence-electron chi connectivity index (χ4n) is 0.506. The molecule has 0 radical (unpaired) electrons. The number of aliphatic hydroxyl groups is 1. The molecule has 0 saturated carbocycles. The van der Waals surface area contributed by atoms with Crippen molar-refractivity contribution in [2.75, 3.05) is 33.4 Å². The third-order valence-electron chi connectivity index (χ3n) is 1.03. The molecule has 1 N–H and O–H groups in total. The summed E-state index contributed by atoms with van der Waals surface area (Å²) < 4.78 is 4.70. The van der Waals surface area contributed by atoms with E-state index in [0.717, 1.165) is 0 Å². The van der Waals surface area contributed by atoms with Crippen LogP contribution in [-0.2, 0) is 4.74 Å². The van der Waals surface area contributed by atoms with E-state index in [1.165, 1.54) is 5.01 Å². The molecular formula is C5H12N2O3. The summed E-state index contributed by atoms with van der Waals surface area (Å²) in [7, 11) is 1.54. The Hall–Kier alpha value is -0.680. The second-order valence-electron chi connectivity index (χ2n) is 1.75. The predicted octanol–water partition coefficient (Wildman–Crippen LogP) is -0.391. The summed E-state index contributed by atoms with van der Waals surface area (Å²) in [6.07, 6.45) is 0. The Labute approximate surface area is 59.5 Å². The van der Waals surface area contributed by atoms with Crippen molar-refractivity contribution in [3.63, 3.8) is 0 Å². The maximum absolute atomic E-state index is 9.91. The van der Waals surface area contributed by atoms with Crippen molar-refractivity contribution < 1.29 is 9.84 Å². The Balaban J connectivity index is 3.29. The lowest BCUT2D eigenvalue weighted by atomic mass is 10.6. The third kappa shape index (κ3) is 4.22. The molecule has 0 fully saturated rings. The van der Waals surface area contributed by atoms with Crippen LogP contribution in [0.1, 0.15) is 0 Å². The van der Waals surface area contributed by atoms with Gasteiger partial charge in [-0.15, -0.1) is 4.91 Å². The van der Waals surface area contributed by atoms with E-state index in [1.807, 2.05) is 0 Å². The predicted molar refractivity (Wildman–Crippen MR) is 36.3 cm³/mol. The van der Waals surface area contributed by atoms with Gasteiger partial charge < -0.3 is 9.84 Å². The molecule has 0 rings (SSSR count). The van der Waals surface area contributed by atoms with Gasteiger partial charge in [0.05, 0.1) is 31.6 Å². The molecule has 0 aromatic heterocycles. The van der Waals surface area contributed by atoms with Crippen LogP contribution in [0, 0.1) is 4.91 Å². The first-order valence-corrected chi connectivity index (χ1v) is 3.03. The fraction of sp³-hybridized carbons (Fsp3) is 1.00. The summed E-state index contributed by atoms with van der Waals surface area (Å²) >= 11 is 0. The summed E-state index contributed by atoms with van der Waals surface area (Å²) in [5.74, 6) is 0. The number of hydrogen-bond acceptors (Lipinski definition) is 4. The van der Waals surface area contributed by atoms with Crippen LogP contribution in [0.25, 0.3) is 0 Å². The van der Waals surface area contributed by atoms with Crippen LogP contribution in [0.4, 0.5) is 0 Å². The van der Waals surface area contributed by atoms with E-state index in [4.69, 9.17) is 9.84 Å². The van der Waals surface area contributed by atoms with E-state index in [0.29, 0.717) is 13.2 Å². The van der Waals surface area contributed by atoms with Crippen molar-refractivity contribution in [1.29, 1.82) is 0 Å². The topological polar surface area (TPSA) is 62.1 Å². The van der Waals surface area contributed by atoms with E-state index in [-0.39, 0.29) is 13.2 Å². The fourth-order valence-corrected chi connectivity index (χ4v) is 0.506. The van der Waals surface area contributed by atoms with Gasteiger partial charge in [0.25, 0.3) is 0 Å². The van der Waals surface area contributed by atoms with Crippen molar-refractivity contribution in [2.45, 2.75) is 0 Å². The molecule has 0 spiro atoms. The van der Waals surface area contributed by atoms with Gasteiger partial charge in [-0.1, -0.05) is 0 Å². The first-order chi connectivity index (χ1) is 4.85. The van der Waals surface area contributed by atoms with Gasteiger partial charge in [-0.2, -0.15) is 0 Å². The van der Waals surface area contributed by atoms with Crippen LogP contribution < -0.4 is 0 Å². The number of aliphatic hydroxyl groups excluding tert-OH is 1. The molecule has 0 amide bonds. The minimum Gasteiger partial charge on any atom is -0.394 e. The maximum atomic E-state index is 9.91. The minimum atomic E-state index is -0.0601. The average Bonchev–Trinajstić information content (AvgIpc) is 1.98. The molecule has 0 heterocycles. The summed E-state index contributed by atoms with van der Waals surface area (Å²) in [5.41, 5.74) is 0. The van der Waals surface area contributed by atoms with Crippen LogP contribution in [0.3, 0.4) is 0 Å². The third-order valence-corrected chi connectivity index (χ3v) is 1.03. The number of nitrogens with zero attached hydrogens (tertiary/aromatic N) is 2. The van der Waals surface area contributed by atoms with E-state index in [2.05, 4.69) is 5.29 Å². The molecule has 0 aromatic rings. The van der Waals surface area contributed by atoms with E-state index < -0.39 is 0 Å². The van der Waals surface area contributed by atoms with Gasteiger partial charge >= 0.3 is 0 Å². The summed E-state index contributed by atoms with van der Waals surface area (Å²) in [6.45, 7) is 1.09. The van der Waals surface area contributed by atoms with Gasteiger partial charge in [0.15, 0.2) is 0 Å². The number of nitroso groups, excluding NO2 is 1. The number of ether oxygens (including phenoxy) is 1. The Kier molecular flexibility index (Phi) is 6.00. The zero-order valence-electron chi connectivity index (χ0n) is 5.99. The molecular weight excluding hydrogens is 136 g/mol. The zero-order chi connectivity index (χ0) is 7.82. The molecule has 0 unspecified atom stereocenters. The van der Waals surface area contributed by atoms with Crippen molar-refractivity contribution in [3.8, 4) is 0 Å². The number of methoxy groups -OCH3 is 1. The second kappa shape index (κ2) is 6.44. The molecule has 0 aliphatic rings. The lowest BCUT2D eigenvalue weighted by molar-refractivity contribution is 0.132. The number of hydrogen-bond donors (Lipinski definition) is 1. The van der Waals surface area contributed by atoms with Gasteiger partial charge in [-0.3, -0.25) is 5.01 Å². The normalized spacial score (nSPS) is 9.40. The van der Waals surface area contributed by atoms with Crippen molar-refractivity contribution >= 4 is 0 Å². The molecule has 0 atom stereocenters. The van der Waals surface area contributed by atoms with E-state index >= 15 is 0 Å². The SMILES string of the molecule is COCCN(CCO)N=O. The van der Waals surface area contributed by atoms with Gasteiger partial charge in [0.1, 0.15) is 0 Å². The molecule has 0 saturated heterocycles. The minimum absolute atomic E-state index is 0.0601. The largest absolute Gasteiger partial charge is 0.394 e. The van der Waals surface area contributed by atoms with Crippen LogP contribution in [0.15, 0.2) is 5.29 Å². The average molecular weight is 148 g/mol. The van der Waals surface area contributed by atoms with Crippen LogP contribution in [0.5, 0.6) is 0 Å². The van der Waals surface area contributed by atoms with Gasteiger partial charge in [0, 0.05) is 7.11 Å².